The highest BCUT2D eigenvalue weighted by atomic mass is 79.9. The summed E-state index contributed by atoms with van der Waals surface area (Å²) in [5.74, 6) is 0. The summed E-state index contributed by atoms with van der Waals surface area (Å²) in [6.45, 7) is 1.27. The van der Waals surface area contributed by atoms with Crippen molar-refractivity contribution in [3.05, 3.63) is 28.2 Å². The van der Waals surface area contributed by atoms with E-state index in [1.54, 1.807) is 6.07 Å². The Kier molecular flexibility index (Phi) is 4.17. The zero-order chi connectivity index (χ0) is 13.2. The zero-order valence-corrected chi connectivity index (χ0v) is 11.1. The van der Waals surface area contributed by atoms with Crippen molar-refractivity contribution < 1.29 is 17.9 Å². The molecule has 0 aromatic heterocycles. The van der Waals surface area contributed by atoms with Crippen LogP contribution in [0.15, 0.2) is 22.7 Å². The zero-order valence-electron chi connectivity index (χ0n) is 9.56. The van der Waals surface area contributed by atoms with Gasteiger partial charge in [-0.2, -0.15) is 13.2 Å². The number of benzene rings is 1. The van der Waals surface area contributed by atoms with E-state index in [1.807, 2.05) is 0 Å². The molecule has 1 fully saturated rings. The number of alkyl halides is 3. The molecule has 0 radical (unpaired) electrons. The average molecular weight is 324 g/mol. The van der Waals surface area contributed by atoms with E-state index in [2.05, 4.69) is 21.2 Å². The molecule has 1 saturated heterocycles. The standard InChI is InChI=1S/C12H13BrF3NO/c13-11-4-3-8(6-10(11)12(14,15)16)17-9-2-1-5-18-7-9/h3-4,6,9,17H,1-2,5,7H2. The van der Waals surface area contributed by atoms with E-state index in [-0.39, 0.29) is 10.5 Å². The normalized spacial score (nSPS) is 20.8. The predicted molar refractivity (Wildman–Crippen MR) is 66.6 cm³/mol. The summed E-state index contributed by atoms with van der Waals surface area (Å²) < 4.78 is 43.5. The summed E-state index contributed by atoms with van der Waals surface area (Å²) in [6.07, 6.45) is -2.50. The number of ether oxygens (including phenoxy) is 1. The highest BCUT2D eigenvalue weighted by Gasteiger charge is 2.33. The molecule has 0 bridgehead atoms. The van der Waals surface area contributed by atoms with Crippen LogP contribution in [-0.4, -0.2) is 19.3 Å². The highest BCUT2D eigenvalue weighted by molar-refractivity contribution is 9.10. The molecule has 0 saturated carbocycles. The third-order valence-corrected chi connectivity index (χ3v) is 3.49. The van der Waals surface area contributed by atoms with E-state index in [4.69, 9.17) is 4.74 Å². The molecule has 1 N–H and O–H groups in total. The summed E-state index contributed by atoms with van der Waals surface area (Å²) in [7, 11) is 0. The van der Waals surface area contributed by atoms with Crippen molar-refractivity contribution in [1.82, 2.24) is 0 Å². The largest absolute Gasteiger partial charge is 0.417 e. The second kappa shape index (κ2) is 5.48. The number of hydrogen-bond donors (Lipinski definition) is 1. The molecule has 1 aromatic carbocycles. The maximum Gasteiger partial charge on any atom is 0.417 e. The van der Waals surface area contributed by atoms with E-state index >= 15 is 0 Å². The molecule has 1 aliphatic heterocycles. The van der Waals surface area contributed by atoms with Crippen LogP contribution in [0.3, 0.4) is 0 Å². The van der Waals surface area contributed by atoms with Gasteiger partial charge in [0.25, 0.3) is 0 Å². The van der Waals surface area contributed by atoms with Crippen molar-refractivity contribution in [2.75, 3.05) is 18.5 Å². The first-order valence-corrected chi connectivity index (χ1v) is 6.47. The molecule has 0 aliphatic carbocycles. The molecule has 0 spiro atoms. The summed E-state index contributed by atoms with van der Waals surface area (Å²) >= 11 is 2.92. The van der Waals surface area contributed by atoms with Crippen LogP contribution >= 0.6 is 15.9 Å². The fourth-order valence-corrected chi connectivity index (χ4v) is 2.39. The lowest BCUT2D eigenvalue weighted by atomic mass is 10.1. The Balaban J connectivity index is 2.14. The van der Waals surface area contributed by atoms with Gasteiger partial charge in [-0.1, -0.05) is 15.9 Å². The van der Waals surface area contributed by atoms with Gasteiger partial charge in [0.1, 0.15) is 0 Å². The molecule has 1 heterocycles. The molecule has 6 heteroatoms. The van der Waals surface area contributed by atoms with Crippen LogP contribution in [0.25, 0.3) is 0 Å². The molecule has 100 valence electrons. The third kappa shape index (κ3) is 3.38. The third-order valence-electron chi connectivity index (χ3n) is 2.80. The molecule has 1 atom stereocenters. The van der Waals surface area contributed by atoms with Crippen LogP contribution in [0.1, 0.15) is 18.4 Å². The van der Waals surface area contributed by atoms with Crippen molar-refractivity contribution in [2.45, 2.75) is 25.1 Å². The second-order valence-electron chi connectivity index (χ2n) is 4.25. The molecule has 1 aliphatic rings. The van der Waals surface area contributed by atoms with Crippen LogP contribution in [-0.2, 0) is 10.9 Å². The first-order chi connectivity index (χ1) is 8.47. The Hall–Kier alpha value is -0.750. The Morgan fingerprint density at radius 1 is 1.33 bits per heavy atom. The van der Waals surface area contributed by atoms with Gasteiger partial charge in [0.2, 0.25) is 0 Å². The summed E-state index contributed by atoms with van der Waals surface area (Å²) in [5, 5.41) is 3.07. The number of rotatable bonds is 2. The maximum atomic E-state index is 12.7. The number of anilines is 1. The summed E-state index contributed by atoms with van der Waals surface area (Å²) in [5.41, 5.74) is -0.190. The molecule has 18 heavy (non-hydrogen) atoms. The van der Waals surface area contributed by atoms with Crippen molar-refractivity contribution in [3.8, 4) is 0 Å². The van der Waals surface area contributed by atoms with Gasteiger partial charge in [-0.15, -0.1) is 0 Å². The van der Waals surface area contributed by atoms with Crippen LogP contribution in [0.5, 0.6) is 0 Å². The topological polar surface area (TPSA) is 21.3 Å². The van der Waals surface area contributed by atoms with Gasteiger partial charge in [0.05, 0.1) is 12.2 Å². The Morgan fingerprint density at radius 3 is 2.72 bits per heavy atom. The SMILES string of the molecule is FC(F)(F)c1cc(NC2CCCOC2)ccc1Br. The molecular formula is C12H13BrF3NO. The van der Waals surface area contributed by atoms with Gasteiger partial charge in [-0.05, 0) is 31.0 Å². The van der Waals surface area contributed by atoms with Gasteiger partial charge >= 0.3 is 6.18 Å². The van der Waals surface area contributed by atoms with Crippen molar-refractivity contribution in [3.63, 3.8) is 0 Å². The van der Waals surface area contributed by atoms with E-state index in [9.17, 15) is 13.2 Å². The fraction of sp³-hybridized carbons (Fsp3) is 0.500. The number of hydrogen-bond acceptors (Lipinski definition) is 2. The van der Waals surface area contributed by atoms with Gasteiger partial charge in [-0.3, -0.25) is 0 Å². The van der Waals surface area contributed by atoms with E-state index < -0.39 is 11.7 Å². The van der Waals surface area contributed by atoms with Crippen LogP contribution < -0.4 is 5.32 Å². The van der Waals surface area contributed by atoms with Crippen LogP contribution in [0.4, 0.5) is 18.9 Å². The molecule has 0 amide bonds. The monoisotopic (exact) mass is 323 g/mol. The number of nitrogens with one attached hydrogen (secondary N) is 1. The molecule has 1 unspecified atom stereocenters. The minimum atomic E-state index is -4.35. The van der Waals surface area contributed by atoms with E-state index in [0.717, 1.165) is 25.5 Å². The Bertz CT molecular complexity index is 416. The Labute approximate surface area is 112 Å². The first-order valence-electron chi connectivity index (χ1n) is 5.68. The van der Waals surface area contributed by atoms with Crippen molar-refractivity contribution in [1.29, 1.82) is 0 Å². The smallest absolute Gasteiger partial charge is 0.380 e. The number of halogens is 4. The Morgan fingerprint density at radius 2 is 2.11 bits per heavy atom. The lowest BCUT2D eigenvalue weighted by Crippen LogP contribution is -2.30. The van der Waals surface area contributed by atoms with Crippen molar-refractivity contribution >= 4 is 21.6 Å². The quantitative estimate of drug-likeness (QED) is 0.886. The second-order valence-corrected chi connectivity index (χ2v) is 5.11. The van der Waals surface area contributed by atoms with Gasteiger partial charge in [0.15, 0.2) is 0 Å². The molecule has 1 aromatic rings. The predicted octanol–water partition coefficient (Wildman–Crippen LogP) is 4.06. The first kappa shape index (κ1) is 13.7. The van der Waals surface area contributed by atoms with Crippen LogP contribution in [0, 0.1) is 0 Å². The fourth-order valence-electron chi connectivity index (χ4n) is 1.92. The minimum Gasteiger partial charge on any atom is -0.380 e. The van der Waals surface area contributed by atoms with E-state index in [1.165, 1.54) is 6.07 Å². The van der Waals surface area contributed by atoms with E-state index in [0.29, 0.717) is 12.3 Å². The van der Waals surface area contributed by atoms with Gasteiger partial charge in [-0.25, -0.2) is 0 Å². The highest BCUT2D eigenvalue weighted by Crippen LogP contribution is 2.36. The lowest BCUT2D eigenvalue weighted by molar-refractivity contribution is -0.138. The van der Waals surface area contributed by atoms with Crippen LogP contribution in [0.2, 0.25) is 0 Å². The molecule has 2 nitrogen and oxygen atoms in total. The summed E-state index contributed by atoms with van der Waals surface area (Å²) in [4.78, 5) is 0. The average Bonchev–Trinajstić information content (AvgIpc) is 2.31. The van der Waals surface area contributed by atoms with Gasteiger partial charge < -0.3 is 10.1 Å². The summed E-state index contributed by atoms with van der Waals surface area (Å²) in [6, 6.07) is 4.25. The molecule has 2 rings (SSSR count). The minimum absolute atomic E-state index is 0.0560. The maximum absolute atomic E-state index is 12.7. The lowest BCUT2D eigenvalue weighted by Gasteiger charge is -2.24. The molecular weight excluding hydrogens is 311 g/mol. The van der Waals surface area contributed by atoms with Gasteiger partial charge in [0, 0.05) is 22.8 Å². The van der Waals surface area contributed by atoms with Crippen molar-refractivity contribution in [2.24, 2.45) is 0 Å².